The van der Waals surface area contributed by atoms with Crippen molar-refractivity contribution in [2.75, 3.05) is 5.73 Å². The summed E-state index contributed by atoms with van der Waals surface area (Å²) < 4.78 is 1.66. The molecule has 0 radical (unpaired) electrons. The Bertz CT molecular complexity index is 518. The van der Waals surface area contributed by atoms with Gasteiger partial charge in [-0.05, 0) is 18.2 Å². The Labute approximate surface area is 92.9 Å². The molecular weight excluding hydrogens is 204 g/mol. The zero-order chi connectivity index (χ0) is 11.5. The molecule has 5 nitrogen and oxygen atoms in total. The first kappa shape index (κ1) is 10.4. The molecule has 0 saturated carbocycles. The van der Waals surface area contributed by atoms with Crippen molar-refractivity contribution >= 4 is 11.5 Å². The fourth-order valence-corrected chi connectivity index (χ4v) is 1.46. The second-order valence-corrected chi connectivity index (χ2v) is 3.52. The van der Waals surface area contributed by atoms with E-state index in [0.29, 0.717) is 11.4 Å². The van der Waals surface area contributed by atoms with Crippen LogP contribution in [0.2, 0.25) is 0 Å². The van der Waals surface area contributed by atoms with Crippen molar-refractivity contribution in [1.82, 2.24) is 14.8 Å². The summed E-state index contributed by atoms with van der Waals surface area (Å²) in [6, 6.07) is 5.17. The molecule has 0 aliphatic heterocycles. The first-order valence-corrected chi connectivity index (χ1v) is 4.89. The van der Waals surface area contributed by atoms with Crippen LogP contribution >= 0.6 is 0 Å². The lowest BCUT2D eigenvalue weighted by atomic mass is 10.1. The highest BCUT2D eigenvalue weighted by molar-refractivity contribution is 5.99. The highest BCUT2D eigenvalue weighted by Gasteiger charge is 2.12. The van der Waals surface area contributed by atoms with E-state index in [4.69, 9.17) is 5.73 Å². The zero-order valence-corrected chi connectivity index (χ0v) is 8.92. The number of hydrogen-bond donors (Lipinski definition) is 1. The molecule has 5 heteroatoms. The topological polar surface area (TPSA) is 73.8 Å². The largest absolute Gasteiger partial charge is 0.397 e. The molecule has 0 unspecified atom stereocenters. The molecule has 82 valence electrons. The van der Waals surface area contributed by atoms with Gasteiger partial charge in [-0.3, -0.25) is 14.5 Å². The third-order valence-electron chi connectivity index (χ3n) is 2.21. The fourth-order valence-electron chi connectivity index (χ4n) is 1.46. The number of nitrogens with zero attached hydrogens (tertiary/aromatic N) is 3. The number of rotatable bonds is 3. The molecule has 0 spiro atoms. The standard InChI is InChI=1S/C11H12N4O/c1-15-6-4-8(14-15)7-10(16)11-9(12)3-2-5-13-11/h2-6H,7,12H2,1H3. The quantitative estimate of drug-likeness (QED) is 0.771. The first-order chi connectivity index (χ1) is 7.66. The van der Waals surface area contributed by atoms with Crippen LogP contribution in [-0.2, 0) is 13.5 Å². The van der Waals surface area contributed by atoms with Crippen molar-refractivity contribution < 1.29 is 4.79 Å². The summed E-state index contributed by atoms with van der Waals surface area (Å²) in [5.41, 5.74) is 7.11. The third kappa shape index (κ3) is 2.08. The smallest absolute Gasteiger partial charge is 0.189 e. The Morgan fingerprint density at radius 3 is 2.94 bits per heavy atom. The van der Waals surface area contributed by atoms with E-state index >= 15 is 0 Å². The van der Waals surface area contributed by atoms with Gasteiger partial charge in [-0.15, -0.1) is 0 Å². The van der Waals surface area contributed by atoms with Gasteiger partial charge in [-0.1, -0.05) is 0 Å². The van der Waals surface area contributed by atoms with Crippen molar-refractivity contribution in [1.29, 1.82) is 0 Å². The van der Waals surface area contributed by atoms with Crippen molar-refractivity contribution in [3.8, 4) is 0 Å². The average molecular weight is 216 g/mol. The number of pyridine rings is 1. The van der Waals surface area contributed by atoms with E-state index in [1.807, 2.05) is 7.05 Å². The number of carbonyl (C=O) groups is 1. The molecule has 0 saturated heterocycles. The van der Waals surface area contributed by atoms with Crippen molar-refractivity contribution in [2.45, 2.75) is 6.42 Å². The van der Waals surface area contributed by atoms with Crippen molar-refractivity contribution in [2.24, 2.45) is 7.05 Å². The van der Waals surface area contributed by atoms with E-state index in [2.05, 4.69) is 10.1 Å². The molecular formula is C11H12N4O. The summed E-state index contributed by atoms with van der Waals surface area (Å²) >= 11 is 0. The van der Waals surface area contributed by atoms with Crippen molar-refractivity contribution in [3.05, 3.63) is 42.0 Å². The van der Waals surface area contributed by atoms with Gasteiger partial charge in [-0.25, -0.2) is 0 Å². The lowest BCUT2D eigenvalue weighted by Crippen LogP contribution is -2.09. The highest BCUT2D eigenvalue weighted by Crippen LogP contribution is 2.10. The number of anilines is 1. The lowest BCUT2D eigenvalue weighted by Gasteiger charge is -2.01. The Morgan fingerprint density at radius 2 is 2.31 bits per heavy atom. The van der Waals surface area contributed by atoms with Crippen LogP contribution in [-0.4, -0.2) is 20.5 Å². The van der Waals surface area contributed by atoms with Gasteiger partial charge >= 0.3 is 0 Å². The summed E-state index contributed by atoms with van der Waals surface area (Å²) in [6.45, 7) is 0. The van der Waals surface area contributed by atoms with Gasteiger partial charge in [0.25, 0.3) is 0 Å². The number of carbonyl (C=O) groups excluding carboxylic acids is 1. The molecule has 2 rings (SSSR count). The molecule has 2 heterocycles. The van der Waals surface area contributed by atoms with Gasteiger partial charge in [0.05, 0.1) is 17.8 Å². The van der Waals surface area contributed by atoms with Crippen LogP contribution < -0.4 is 5.73 Å². The maximum absolute atomic E-state index is 11.9. The van der Waals surface area contributed by atoms with E-state index in [-0.39, 0.29) is 12.2 Å². The number of nitrogens with two attached hydrogens (primary N) is 1. The summed E-state index contributed by atoms with van der Waals surface area (Å²) in [6.07, 6.45) is 3.58. The van der Waals surface area contributed by atoms with Crippen molar-refractivity contribution in [3.63, 3.8) is 0 Å². The first-order valence-electron chi connectivity index (χ1n) is 4.89. The molecule has 0 fully saturated rings. The second kappa shape index (κ2) is 4.14. The van der Waals surface area contributed by atoms with Crippen LogP contribution in [0.4, 0.5) is 5.69 Å². The Morgan fingerprint density at radius 1 is 1.50 bits per heavy atom. The maximum Gasteiger partial charge on any atom is 0.189 e. The second-order valence-electron chi connectivity index (χ2n) is 3.52. The van der Waals surface area contributed by atoms with Crippen LogP contribution in [0.5, 0.6) is 0 Å². The molecule has 0 atom stereocenters. The summed E-state index contributed by atoms with van der Waals surface area (Å²) in [4.78, 5) is 15.8. The molecule has 0 bridgehead atoms. The van der Waals surface area contributed by atoms with Gasteiger partial charge in [-0.2, -0.15) is 5.10 Å². The number of aromatic nitrogens is 3. The minimum atomic E-state index is -0.114. The molecule has 2 aromatic heterocycles. The van der Waals surface area contributed by atoms with Crippen LogP contribution in [0.3, 0.4) is 0 Å². The van der Waals surface area contributed by atoms with E-state index in [1.54, 1.807) is 35.3 Å². The molecule has 0 aromatic carbocycles. The van der Waals surface area contributed by atoms with Crippen LogP contribution in [0.15, 0.2) is 30.6 Å². The number of hydrogen-bond acceptors (Lipinski definition) is 4. The van der Waals surface area contributed by atoms with E-state index in [0.717, 1.165) is 5.69 Å². The van der Waals surface area contributed by atoms with Gasteiger partial charge in [0.1, 0.15) is 5.69 Å². The summed E-state index contributed by atoms with van der Waals surface area (Å²) in [5.74, 6) is -0.114. The zero-order valence-electron chi connectivity index (χ0n) is 8.92. The lowest BCUT2D eigenvalue weighted by molar-refractivity contribution is 0.0988. The third-order valence-corrected chi connectivity index (χ3v) is 2.21. The highest BCUT2D eigenvalue weighted by atomic mass is 16.1. The predicted octanol–water partition coefficient (Wildman–Crippen LogP) is 0.823. The van der Waals surface area contributed by atoms with Crippen LogP contribution in [0.25, 0.3) is 0 Å². The van der Waals surface area contributed by atoms with Crippen LogP contribution in [0.1, 0.15) is 16.2 Å². The van der Waals surface area contributed by atoms with Gasteiger partial charge in [0.15, 0.2) is 5.78 Å². The predicted molar refractivity (Wildman–Crippen MR) is 59.9 cm³/mol. The monoisotopic (exact) mass is 216 g/mol. The number of nitrogen functional groups attached to an aromatic ring is 1. The Kier molecular flexibility index (Phi) is 2.68. The number of aryl methyl sites for hydroxylation is 1. The van der Waals surface area contributed by atoms with E-state index in [1.165, 1.54) is 0 Å². The number of ketones is 1. The molecule has 0 aliphatic carbocycles. The normalized spacial score (nSPS) is 10.3. The molecule has 0 amide bonds. The molecule has 16 heavy (non-hydrogen) atoms. The SMILES string of the molecule is Cn1ccc(CC(=O)c2ncccc2N)n1. The maximum atomic E-state index is 11.9. The number of Topliss-reactive ketones (excluding diaryl/α,β-unsaturated/α-hetero) is 1. The molecule has 2 N–H and O–H groups in total. The van der Waals surface area contributed by atoms with Crippen LogP contribution in [0, 0.1) is 0 Å². The Hall–Kier alpha value is -2.17. The Balaban J connectivity index is 2.18. The minimum Gasteiger partial charge on any atom is -0.397 e. The molecule has 0 aliphatic rings. The van der Waals surface area contributed by atoms with Gasteiger partial charge < -0.3 is 5.73 Å². The molecule has 2 aromatic rings. The van der Waals surface area contributed by atoms with Gasteiger partial charge in [0.2, 0.25) is 0 Å². The summed E-state index contributed by atoms with van der Waals surface area (Å²) in [5, 5.41) is 4.13. The summed E-state index contributed by atoms with van der Waals surface area (Å²) in [7, 11) is 1.81. The minimum absolute atomic E-state index is 0.114. The van der Waals surface area contributed by atoms with E-state index in [9.17, 15) is 4.79 Å². The van der Waals surface area contributed by atoms with E-state index < -0.39 is 0 Å². The average Bonchev–Trinajstić information content (AvgIpc) is 2.64. The fraction of sp³-hybridized carbons (Fsp3) is 0.182. The van der Waals surface area contributed by atoms with Gasteiger partial charge in [0, 0.05) is 19.4 Å².